The minimum absolute atomic E-state index is 0.0516. The van der Waals surface area contributed by atoms with Crippen molar-refractivity contribution in [2.45, 2.75) is 58.7 Å². The first kappa shape index (κ1) is 19.0. The number of nitrogens with zero attached hydrogens (tertiary/aromatic N) is 2. The quantitative estimate of drug-likeness (QED) is 0.692. The van der Waals surface area contributed by atoms with Gasteiger partial charge in [-0.15, -0.1) is 0 Å². The Hall–Kier alpha value is -1.30. The highest BCUT2D eigenvalue weighted by atomic mass is 79.9. The lowest BCUT2D eigenvalue weighted by Crippen LogP contribution is -2.46. The van der Waals surface area contributed by atoms with Gasteiger partial charge in [-0.1, -0.05) is 6.92 Å². The van der Waals surface area contributed by atoms with E-state index < -0.39 is 5.60 Å². The van der Waals surface area contributed by atoms with Gasteiger partial charge in [-0.3, -0.25) is 0 Å². The van der Waals surface area contributed by atoms with Crippen LogP contribution in [0.3, 0.4) is 0 Å². The van der Waals surface area contributed by atoms with Crippen LogP contribution < -0.4 is 4.74 Å². The zero-order chi connectivity index (χ0) is 17.7. The van der Waals surface area contributed by atoms with E-state index in [1.54, 1.807) is 6.20 Å². The number of pyridine rings is 1. The van der Waals surface area contributed by atoms with Gasteiger partial charge in [0, 0.05) is 25.2 Å². The summed E-state index contributed by atoms with van der Waals surface area (Å²) >= 11 is 3.43. The average Bonchev–Trinajstić information content (AvgIpc) is 2.52. The first-order valence-electron chi connectivity index (χ1n) is 8.55. The van der Waals surface area contributed by atoms with Crippen LogP contribution in [0.25, 0.3) is 0 Å². The summed E-state index contributed by atoms with van der Waals surface area (Å²) in [6.45, 7) is 9.21. The topological polar surface area (TPSA) is 51.7 Å². The molecule has 1 amide bonds. The number of carbonyl (C=O) groups excluding carboxylic acids is 1. The van der Waals surface area contributed by atoms with E-state index in [9.17, 15) is 4.79 Å². The van der Waals surface area contributed by atoms with E-state index in [0.29, 0.717) is 17.1 Å². The van der Waals surface area contributed by atoms with Crippen LogP contribution in [-0.4, -0.2) is 40.8 Å². The minimum atomic E-state index is -0.467. The van der Waals surface area contributed by atoms with Crippen molar-refractivity contribution in [2.75, 3.05) is 13.1 Å². The molecule has 2 rings (SSSR count). The van der Waals surface area contributed by atoms with Gasteiger partial charge in [0.05, 0.1) is 0 Å². The van der Waals surface area contributed by atoms with E-state index in [2.05, 4.69) is 27.8 Å². The van der Waals surface area contributed by atoms with Gasteiger partial charge < -0.3 is 14.4 Å². The zero-order valence-corrected chi connectivity index (χ0v) is 16.5. The smallest absolute Gasteiger partial charge is 0.410 e. The van der Waals surface area contributed by atoms with Crippen molar-refractivity contribution in [3.63, 3.8) is 0 Å². The van der Waals surface area contributed by atoms with Crippen LogP contribution in [0, 0.1) is 5.92 Å². The number of aromatic nitrogens is 1. The predicted molar refractivity (Wildman–Crippen MR) is 97.2 cm³/mol. The SMILES string of the molecule is CCC(Oc1cccnc1Br)C1CCCN(C(=O)OC(C)(C)C)C1. The summed E-state index contributed by atoms with van der Waals surface area (Å²) < 4.78 is 12.4. The van der Waals surface area contributed by atoms with Gasteiger partial charge in [0.2, 0.25) is 0 Å². The average molecular weight is 399 g/mol. The number of amides is 1. The number of hydrogen-bond donors (Lipinski definition) is 0. The second-order valence-electron chi connectivity index (χ2n) is 7.19. The number of likely N-dealkylation sites (tertiary alicyclic amines) is 1. The molecule has 5 nitrogen and oxygen atoms in total. The molecule has 1 aromatic rings. The maximum absolute atomic E-state index is 12.3. The monoisotopic (exact) mass is 398 g/mol. The predicted octanol–water partition coefficient (Wildman–Crippen LogP) is 4.65. The fourth-order valence-corrected chi connectivity index (χ4v) is 3.28. The summed E-state index contributed by atoms with van der Waals surface area (Å²) in [4.78, 5) is 18.3. The Kier molecular flexibility index (Phi) is 6.49. The molecule has 1 aliphatic rings. The van der Waals surface area contributed by atoms with Crippen LogP contribution in [0.5, 0.6) is 5.75 Å². The second-order valence-corrected chi connectivity index (χ2v) is 7.94. The highest BCUT2D eigenvalue weighted by Crippen LogP contribution is 2.29. The van der Waals surface area contributed by atoms with Crippen molar-refractivity contribution >= 4 is 22.0 Å². The summed E-state index contributed by atoms with van der Waals surface area (Å²) in [5.74, 6) is 1.04. The molecule has 2 unspecified atom stereocenters. The van der Waals surface area contributed by atoms with Gasteiger partial charge in [0.25, 0.3) is 0 Å². The number of rotatable bonds is 4. The lowest BCUT2D eigenvalue weighted by molar-refractivity contribution is 0.00568. The summed E-state index contributed by atoms with van der Waals surface area (Å²) in [5.41, 5.74) is -0.467. The van der Waals surface area contributed by atoms with Crippen molar-refractivity contribution in [1.29, 1.82) is 0 Å². The maximum atomic E-state index is 12.3. The van der Waals surface area contributed by atoms with Gasteiger partial charge in [0.15, 0.2) is 5.75 Å². The van der Waals surface area contributed by atoms with E-state index in [4.69, 9.17) is 9.47 Å². The maximum Gasteiger partial charge on any atom is 0.410 e. The van der Waals surface area contributed by atoms with Crippen molar-refractivity contribution < 1.29 is 14.3 Å². The molecule has 1 aromatic heterocycles. The highest BCUT2D eigenvalue weighted by Gasteiger charge is 2.32. The molecule has 6 heteroatoms. The highest BCUT2D eigenvalue weighted by molar-refractivity contribution is 9.10. The molecule has 1 aliphatic heterocycles. The van der Waals surface area contributed by atoms with Gasteiger partial charge in [-0.2, -0.15) is 0 Å². The Balaban J connectivity index is 2.01. The lowest BCUT2D eigenvalue weighted by Gasteiger charge is -2.37. The molecule has 1 saturated heterocycles. The third kappa shape index (κ3) is 5.36. The van der Waals surface area contributed by atoms with E-state index in [1.165, 1.54) is 0 Å². The molecule has 0 spiro atoms. The third-order valence-corrected chi connectivity index (χ3v) is 4.64. The molecule has 1 fully saturated rings. The molecule has 0 N–H and O–H groups in total. The Labute approximate surface area is 152 Å². The van der Waals surface area contributed by atoms with Crippen LogP contribution in [0.1, 0.15) is 47.0 Å². The van der Waals surface area contributed by atoms with Crippen LogP contribution in [0.4, 0.5) is 4.79 Å². The van der Waals surface area contributed by atoms with Gasteiger partial charge >= 0.3 is 6.09 Å². The number of halogens is 1. The zero-order valence-electron chi connectivity index (χ0n) is 14.9. The fraction of sp³-hybridized carbons (Fsp3) is 0.667. The molecule has 134 valence electrons. The molecule has 2 atom stereocenters. The van der Waals surface area contributed by atoms with Gasteiger partial charge in [-0.25, -0.2) is 9.78 Å². The van der Waals surface area contributed by atoms with Crippen LogP contribution in [-0.2, 0) is 4.74 Å². The Bertz CT molecular complexity index is 559. The second kappa shape index (κ2) is 8.19. The molecule has 24 heavy (non-hydrogen) atoms. The Morgan fingerprint density at radius 3 is 2.88 bits per heavy atom. The molecule has 0 aliphatic carbocycles. The number of piperidine rings is 1. The normalized spacial score (nSPS) is 19.7. The number of hydrogen-bond acceptors (Lipinski definition) is 4. The first-order chi connectivity index (χ1) is 11.3. The van der Waals surface area contributed by atoms with Gasteiger partial charge in [-0.05, 0) is 68.1 Å². The third-order valence-electron chi connectivity index (χ3n) is 4.04. The molecule has 2 heterocycles. The summed E-state index contributed by atoms with van der Waals surface area (Å²) in [7, 11) is 0. The van der Waals surface area contributed by atoms with Crippen molar-refractivity contribution in [1.82, 2.24) is 9.88 Å². The molecular weight excluding hydrogens is 372 g/mol. The molecular formula is C18H27BrN2O3. The summed E-state index contributed by atoms with van der Waals surface area (Å²) in [6, 6.07) is 3.77. The Morgan fingerprint density at radius 1 is 1.50 bits per heavy atom. The van der Waals surface area contributed by atoms with Crippen LogP contribution in [0.2, 0.25) is 0 Å². The van der Waals surface area contributed by atoms with Crippen molar-refractivity contribution in [2.24, 2.45) is 5.92 Å². The standard InChI is InChI=1S/C18H27BrN2O3/c1-5-14(23-15-9-6-10-20-16(15)19)13-8-7-11-21(12-13)17(22)24-18(2,3)4/h6,9-10,13-14H,5,7-8,11-12H2,1-4H3. The van der Waals surface area contributed by atoms with E-state index in [0.717, 1.165) is 31.6 Å². The number of ether oxygens (including phenoxy) is 2. The van der Waals surface area contributed by atoms with E-state index >= 15 is 0 Å². The van der Waals surface area contributed by atoms with E-state index in [1.807, 2.05) is 37.8 Å². The summed E-state index contributed by atoms with van der Waals surface area (Å²) in [5, 5.41) is 0. The van der Waals surface area contributed by atoms with E-state index in [-0.39, 0.29) is 12.2 Å². The summed E-state index contributed by atoms with van der Waals surface area (Å²) in [6.07, 6.45) is 4.45. The fourth-order valence-electron chi connectivity index (χ4n) is 2.94. The molecule has 0 radical (unpaired) electrons. The first-order valence-corrected chi connectivity index (χ1v) is 9.34. The lowest BCUT2D eigenvalue weighted by atomic mass is 9.91. The van der Waals surface area contributed by atoms with Crippen molar-refractivity contribution in [3.8, 4) is 5.75 Å². The largest absolute Gasteiger partial charge is 0.487 e. The molecule has 0 saturated carbocycles. The van der Waals surface area contributed by atoms with Crippen LogP contribution in [0.15, 0.2) is 22.9 Å². The molecule has 0 bridgehead atoms. The Morgan fingerprint density at radius 2 is 2.25 bits per heavy atom. The minimum Gasteiger partial charge on any atom is -0.487 e. The number of carbonyl (C=O) groups is 1. The van der Waals surface area contributed by atoms with Crippen molar-refractivity contribution in [3.05, 3.63) is 22.9 Å². The van der Waals surface area contributed by atoms with Gasteiger partial charge in [0.1, 0.15) is 16.3 Å². The van der Waals surface area contributed by atoms with Crippen LogP contribution >= 0.6 is 15.9 Å². The molecule has 0 aromatic carbocycles.